The molecule has 0 aliphatic carbocycles. The van der Waals surface area contributed by atoms with Gasteiger partial charge in [0, 0.05) is 104 Å². The first-order valence-corrected chi connectivity index (χ1v) is 25.7. The number of nitrogens with one attached hydrogen (secondary N) is 2. The Morgan fingerprint density at radius 2 is 1.18 bits per heavy atom. The number of nitrogens with zero attached hydrogens (tertiary/aromatic N) is 5. The number of hydrogen-bond acceptors (Lipinski definition) is 10. The van der Waals surface area contributed by atoms with Gasteiger partial charge < -0.3 is 34.6 Å². The van der Waals surface area contributed by atoms with E-state index in [1.807, 2.05) is 74.8 Å². The number of halogens is 3. The van der Waals surface area contributed by atoms with Gasteiger partial charge in [0.25, 0.3) is 11.8 Å². The molecule has 2 aromatic heterocycles. The third-order valence-electron chi connectivity index (χ3n) is 13.8. The van der Waals surface area contributed by atoms with Crippen LogP contribution >= 0.6 is 0 Å². The summed E-state index contributed by atoms with van der Waals surface area (Å²) in [4.78, 5) is 42.4. The first-order chi connectivity index (χ1) is 35.5. The third-order valence-corrected chi connectivity index (χ3v) is 13.8. The van der Waals surface area contributed by atoms with Gasteiger partial charge in [0.15, 0.2) is 0 Å². The highest BCUT2D eigenvalue weighted by Gasteiger charge is 2.31. The molecule has 0 bridgehead atoms. The van der Waals surface area contributed by atoms with Crippen LogP contribution in [0.5, 0.6) is 5.88 Å². The Hall–Kier alpha value is -6.81. The molecule has 3 fully saturated rings. The van der Waals surface area contributed by atoms with Crippen molar-refractivity contribution >= 4 is 34.6 Å². The summed E-state index contributed by atoms with van der Waals surface area (Å²) in [5.74, 6) is 0.232. The zero-order chi connectivity index (χ0) is 52.5. The number of aromatic nitrogens is 2. The number of ether oxygens (including phenoxy) is 3. The number of alkyl halides is 3. The molecule has 15 heteroatoms. The maximum atomic E-state index is 13.0. The minimum absolute atomic E-state index is 0.0560. The number of rotatable bonds is 12. The second-order valence-corrected chi connectivity index (χ2v) is 19.9. The standard InChI is InChI=1S/C32H40N4O3.C27H28F3N3O2/c1-22(2)35-12-14-36(15-13-35)30-19-26(21-33-32(30)39-28-10-16-38-17-11-28)29-20-27(9-8-24(29)4)34-31(37)25-7-5-6-23(3)18-25;1-17(2)25-24(33-9-11-35-12-10-33)14-20(16-31-25)23-15-22(8-7-18(23)3)32-26(34)19-5-4-6-21(13-19)27(28,29)30/h5-9,18-22,28H,10-17H2,1-4H3,(H,34,37);4-8,13-17H,9-12H2,1-3H3,(H,32,34). The maximum Gasteiger partial charge on any atom is 0.416 e. The van der Waals surface area contributed by atoms with Crippen LogP contribution in [0.3, 0.4) is 0 Å². The van der Waals surface area contributed by atoms with E-state index >= 15 is 0 Å². The molecule has 2 amide bonds. The Morgan fingerprint density at radius 1 is 0.635 bits per heavy atom. The van der Waals surface area contributed by atoms with E-state index < -0.39 is 17.6 Å². The summed E-state index contributed by atoms with van der Waals surface area (Å²) < 4.78 is 56.6. The lowest BCUT2D eigenvalue weighted by atomic mass is 9.98. The average Bonchev–Trinajstić information content (AvgIpc) is 3.40. The number of piperazine rings is 1. The van der Waals surface area contributed by atoms with E-state index in [1.54, 1.807) is 6.07 Å². The molecule has 74 heavy (non-hydrogen) atoms. The van der Waals surface area contributed by atoms with Crippen molar-refractivity contribution in [3.8, 4) is 28.1 Å². The number of hydrogen-bond donors (Lipinski definition) is 2. The van der Waals surface area contributed by atoms with E-state index in [0.29, 0.717) is 36.4 Å². The predicted octanol–water partition coefficient (Wildman–Crippen LogP) is 12.0. The highest BCUT2D eigenvalue weighted by molar-refractivity contribution is 6.05. The van der Waals surface area contributed by atoms with E-state index in [0.717, 1.165) is 139 Å². The molecule has 0 radical (unpaired) electrons. The van der Waals surface area contributed by atoms with Gasteiger partial charge in [-0.3, -0.25) is 19.5 Å². The first kappa shape index (κ1) is 53.5. The van der Waals surface area contributed by atoms with Crippen LogP contribution in [0.15, 0.2) is 109 Å². The predicted molar refractivity (Wildman–Crippen MR) is 288 cm³/mol. The second kappa shape index (κ2) is 24.0. The Labute approximate surface area is 433 Å². The molecule has 12 nitrogen and oxygen atoms in total. The van der Waals surface area contributed by atoms with Crippen molar-refractivity contribution in [1.29, 1.82) is 0 Å². The highest BCUT2D eigenvalue weighted by Crippen LogP contribution is 2.37. The number of morpholine rings is 1. The van der Waals surface area contributed by atoms with Crippen molar-refractivity contribution in [1.82, 2.24) is 14.9 Å². The van der Waals surface area contributed by atoms with Gasteiger partial charge in [-0.25, -0.2) is 4.98 Å². The lowest BCUT2D eigenvalue weighted by Gasteiger charge is -2.38. The summed E-state index contributed by atoms with van der Waals surface area (Å²) in [7, 11) is 0. The minimum atomic E-state index is -4.51. The summed E-state index contributed by atoms with van der Waals surface area (Å²) in [6.45, 7) is 23.0. The Bertz CT molecular complexity index is 2910. The fourth-order valence-electron chi connectivity index (χ4n) is 9.50. The summed E-state index contributed by atoms with van der Waals surface area (Å²) in [5.41, 5.74) is 11.1. The number of carbonyl (C=O) groups excluding carboxylic acids is 2. The van der Waals surface area contributed by atoms with Crippen LogP contribution in [0.25, 0.3) is 22.3 Å². The first-order valence-electron chi connectivity index (χ1n) is 25.7. The van der Waals surface area contributed by atoms with Crippen molar-refractivity contribution in [2.45, 2.75) is 85.5 Å². The summed E-state index contributed by atoms with van der Waals surface area (Å²) >= 11 is 0. The number of amides is 2. The topological polar surface area (TPSA) is 121 Å². The molecule has 6 aromatic rings. The van der Waals surface area contributed by atoms with E-state index in [4.69, 9.17) is 24.2 Å². The lowest BCUT2D eigenvalue weighted by molar-refractivity contribution is -0.137. The normalized spacial score (nSPS) is 15.7. The average molecular weight is 1010 g/mol. The molecule has 0 spiro atoms. The lowest BCUT2D eigenvalue weighted by Crippen LogP contribution is -2.49. The van der Waals surface area contributed by atoms with Crippen molar-refractivity contribution in [3.05, 3.63) is 149 Å². The van der Waals surface area contributed by atoms with Crippen LogP contribution in [0.4, 0.5) is 35.9 Å². The number of aryl methyl sites for hydroxylation is 3. The molecule has 2 N–H and O–H groups in total. The van der Waals surface area contributed by atoms with Gasteiger partial charge in [0.2, 0.25) is 5.88 Å². The molecular formula is C59H68F3N7O5. The quantitative estimate of drug-likeness (QED) is 0.123. The van der Waals surface area contributed by atoms with Crippen molar-refractivity contribution in [2.24, 2.45) is 0 Å². The summed E-state index contributed by atoms with van der Waals surface area (Å²) in [6, 6.07) is 28.4. The Balaban J connectivity index is 0.000000198. The van der Waals surface area contributed by atoms with Crippen LogP contribution in [-0.2, 0) is 15.7 Å². The molecule has 0 unspecified atom stereocenters. The molecule has 9 rings (SSSR count). The van der Waals surface area contributed by atoms with Gasteiger partial charge in [0.1, 0.15) is 11.8 Å². The number of benzene rings is 4. The van der Waals surface area contributed by atoms with Gasteiger partial charge in [-0.2, -0.15) is 13.2 Å². The Morgan fingerprint density at radius 3 is 1.74 bits per heavy atom. The zero-order valence-corrected chi connectivity index (χ0v) is 43.5. The van der Waals surface area contributed by atoms with E-state index in [2.05, 4.69) is 78.2 Å². The fraction of sp³-hybridized carbons (Fsp3) is 0.390. The summed E-state index contributed by atoms with van der Waals surface area (Å²) in [6.07, 6.45) is 1.10. The smallest absolute Gasteiger partial charge is 0.416 e. The third kappa shape index (κ3) is 13.5. The number of anilines is 4. The zero-order valence-electron chi connectivity index (χ0n) is 43.5. The Kier molecular flexibility index (Phi) is 17.4. The molecule has 3 saturated heterocycles. The minimum Gasteiger partial charge on any atom is -0.473 e. The van der Waals surface area contributed by atoms with Gasteiger partial charge in [0.05, 0.1) is 43.4 Å². The van der Waals surface area contributed by atoms with Gasteiger partial charge in [-0.1, -0.05) is 49.7 Å². The van der Waals surface area contributed by atoms with Gasteiger partial charge in [-0.15, -0.1) is 0 Å². The monoisotopic (exact) mass is 1010 g/mol. The molecule has 3 aliphatic rings. The highest BCUT2D eigenvalue weighted by atomic mass is 19.4. The summed E-state index contributed by atoms with van der Waals surface area (Å²) in [5, 5.41) is 5.80. The molecule has 4 aromatic carbocycles. The van der Waals surface area contributed by atoms with Crippen molar-refractivity contribution in [3.63, 3.8) is 0 Å². The molecule has 390 valence electrons. The van der Waals surface area contributed by atoms with Crippen LogP contribution < -0.4 is 25.2 Å². The second-order valence-electron chi connectivity index (χ2n) is 19.9. The van der Waals surface area contributed by atoms with Crippen molar-refractivity contribution in [2.75, 3.05) is 86.1 Å². The van der Waals surface area contributed by atoms with Gasteiger partial charge >= 0.3 is 6.18 Å². The van der Waals surface area contributed by atoms with E-state index in [1.165, 1.54) is 12.1 Å². The van der Waals surface area contributed by atoms with E-state index in [-0.39, 0.29) is 23.5 Å². The SMILES string of the molecule is Cc1ccc(NC(=O)c2cccc(C(F)(F)F)c2)cc1-c1cnc(C(C)C)c(N2CCOCC2)c1.Cc1cccc(C(=O)Nc2ccc(C)c(-c3cnc(OC4CCOCC4)c(N4CCN(C(C)C)CC4)c3)c2)c1. The maximum absolute atomic E-state index is 13.0. The van der Waals surface area contributed by atoms with Crippen LogP contribution in [0.2, 0.25) is 0 Å². The number of carbonyl (C=O) groups is 2. The largest absolute Gasteiger partial charge is 0.473 e. The molecular weight excluding hydrogens is 944 g/mol. The van der Waals surface area contributed by atoms with Gasteiger partial charge in [-0.05, 0) is 130 Å². The molecule has 0 saturated carbocycles. The number of pyridine rings is 2. The molecule has 5 heterocycles. The van der Waals surface area contributed by atoms with Crippen LogP contribution in [0.1, 0.15) is 95.1 Å². The van der Waals surface area contributed by atoms with Crippen LogP contribution in [-0.4, -0.2) is 105 Å². The van der Waals surface area contributed by atoms with Crippen LogP contribution in [0, 0.1) is 20.8 Å². The molecule has 3 aliphatic heterocycles. The van der Waals surface area contributed by atoms with E-state index in [9.17, 15) is 22.8 Å². The van der Waals surface area contributed by atoms with Crippen molar-refractivity contribution < 1.29 is 37.0 Å². The molecule has 0 atom stereocenters. The fourth-order valence-corrected chi connectivity index (χ4v) is 9.50.